The molecule has 7 nitrogen and oxygen atoms in total. The first-order chi connectivity index (χ1) is 9.24. The van der Waals surface area contributed by atoms with Gasteiger partial charge in [0, 0.05) is 18.3 Å². The van der Waals surface area contributed by atoms with Crippen LogP contribution in [0.4, 0.5) is 0 Å². The molecular weight excluding hydrogens is 307 g/mol. The van der Waals surface area contributed by atoms with Crippen LogP contribution in [0.1, 0.15) is 27.2 Å². The Balaban J connectivity index is 0. The van der Waals surface area contributed by atoms with E-state index < -0.39 is 10.1 Å². The van der Waals surface area contributed by atoms with E-state index in [4.69, 9.17) is 15.2 Å². The van der Waals surface area contributed by atoms with Crippen LogP contribution >= 0.6 is 0 Å². The molecule has 0 saturated heterocycles. The molecular formula is C12H27N2NaO5S. The summed E-state index contributed by atoms with van der Waals surface area (Å²) in [5.74, 6) is -0.338. The van der Waals surface area contributed by atoms with Gasteiger partial charge in [-0.15, -0.1) is 0 Å². The fourth-order valence-electron chi connectivity index (χ4n) is 1.56. The fraction of sp³-hybridized carbons (Fsp3) is 1.00. The zero-order chi connectivity index (χ0) is 15.6. The molecule has 0 saturated carbocycles. The number of hydrogen-bond acceptors (Lipinski definition) is 7. The van der Waals surface area contributed by atoms with E-state index in [0.29, 0.717) is 32.7 Å². The van der Waals surface area contributed by atoms with Crippen LogP contribution in [0.25, 0.3) is 0 Å². The number of ether oxygens (including phenoxy) is 2. The summed E-state index contributed by atoms with van der Waals surface area (Å²) in [4.78, 5) is 0. The predicted molar refractivity (Wildman–Crippen MR) is 76.5 cm³/mol. The van der Waals surface area contributed by atoms with Gasteiger partial charge in [-0.1, -0.05) is 0 Å². The summed E-state index contributed by atoms with van der Waals surface area (Å²) in [6.07, 6.45) is 0.300. The molecule has 0 heterocycles. The van der Waals surface area contributed by atoms with Crippen molar-refractivity contribution in [1.82, 2.24) is 5.32 Å². The van der Waals surface area contributed by atoms with E-state index in [1.54, 1.807) is 0 Å². The molecule has 0 rings (SSSR count). The largest absolute Gasteiger partial charge is 1.00 e. The van der Waals surface area contributed by atoms with Crippen LogP contribution in [0.5, 0.6) is 0 Å². The zero-order valence-electron chi connectivity index (χ0n) is 13.5. The van der Waals surface area contributed by atoms with Crippen LogP contribution in [0.3, 0.4) is 0 Å². The summed E-state index contributed by atoms with van der Waals surface area (Å²) in [6.45, 7) is 7.68. The first kappa shape index (κ1) is 24.0. The molecule has 0 aromatic carbocycles. The minimum atomic E-state index is -4.11. The van der Waals surface area contributed by atoms with Crippen molar-refractivity contribution < 1.29 is 52.0 Å². The molecule has 3 unspecified atom stereocenters. The molecule has 0 amide bonds. The first-order valence-corrected chi connectivity index (χ1v) is 8.42. The van der Waals surface area contributed by atoms with E-state index in [2.05, 4.69) is 5.32 Å². The maximum absolute atomic E-state index is 10.4. The Kier molecular flexibility index (Phi) is 15.1. The third kappa shape index (κ3) is 16.9. The standard InChI is InChI=1S/C12H28N2O5S.Na/c1-10(14-5-4-6-20(15,16)17)8-18-9-12(3)19-11(2)7-13;/h10-12,14H,4-9,13H2,1-3H3,(H,15,16,17);/q;+1/p-1. The monoisotopic (exact) mass is 334 g/mol. The summed E-state index contributed by atoms with van der Waals surface area (Å²) < 4.78 is 42.3. The average molecular weight is 334 g/mol. The zero-order valence-corrected chi connectivity index (χ0v) is 16.3. The summed E-state index contributed by atoms with van der Waals surface area (Å²) in [5.41, 5.74) is 5.45. The number of nitrogens with one attached hydrogen (secondary N) is 1. The van der Waals surface area contributed by atoms with E-state index in [1.807, 2.05) is 20.8 Å². The van der Waals surface area contributed by atoms with Crippen LogP contribution in [-0.4, -0.2) is 63.3 Å². The topological polar surface area (TPSA) is 114 Å². The number of hydrogen-bond donors (Lipinski definition) is 2. The van der Waals surface area contributed by atoms with Crippen molar-refractivity contribution >= 4 is 10.1 Å². The number of rotatable bonds is 12. The van der Waals surface area contributed by atoms with E-state index >= 15 is 0 Å². The normalized spacial score (nSPS) is 16.0. The molecule has 21 heavy (non-hydrogen) atoms. The maximum atomic E-state index is 10.4. The summed E-state index contributed by atoms with van der Waals surface area (Å²) in [7, 11) is -4.11. The summed E-state index contributed by atoms with van der Waals surface area (Å²) >= 11 is 0. The van der Waals surface area contributed by atoms with Crippen molar-refractivity contribution in [2.45, 2.75) is 45.4 Å². The van der Waals surface area contributed by atoms with E-state index in [0.717, 1.165) is 0 Å². The molecule has 3 N–H and O–H groups in total. The van der Waals surface area contributed by atoms with Crippen molar-refractivity contribution in [2.75, 3.05) is 32.1 Å². The molecule has 0 spiro atoms. The molecule has 122 valence electrons. The van der Waals surface area contributed by atoms with E-state index in [1.165, 1.54) is 0 Å². The minimum Gasteiger partial charge on any atom is -0.748 e. The Labute approximate surface area is 150 Å². The van der Waals surface area contributed by atoms with Gasteiger partial charge in [0.05, 0.1) is 35.5 Å². The van der Waals surface area contributed by atoms with Gasteiger partial charge >= 0.3 is 29.6 Å². The first-order valence-electron chi connectivity index (χ1n) is 6.84. The van der Waals surface area contributed by atoms with Gasteiger partial charge < -0.3 is 25.1 Å². The summed E-state index contributed by atoms with van der Waals surface area (Å²) in [5, 5.41) is 3.09. The van der Waals surface area contributed by atoms with Crippen LogP contribution in [0, 0.1) is 0 Å². The smallest absolute Gasteiger partial charge is 0.748 e. The van der Waals surface area contributed by atoms with E-state index in [9.17, 15) is 13.0 Å². The Hall–Kier alpha value is 0.750. The molecule has 0 bridgehead atoms. The molecule has 0 aliphatic carbocycles. The third-order valence-corrected chi connectivity index (χ3v) is 3.37. The molecule has 0 radical (unpaired) electrons. The van der Waals surface area contributed by atoms with Gasteiger partial charge in [0.2, 0.25) is 0 Å². The second-order valence-corrected chi connectivity index (χ2v) is 6.52. The Morgan fingerprint density at radius 1 is 1.19 bits per heavy atom. The Bertz CT molecular complexity index is 343. The second-order valence-electron chi connectivity index (χ2n) is 5.00. The van der Waals surface area contributed by atoms with Crippen molar-refractivity contribution in [1.29, 1.82) is 0 Å². The van der Waals surface area contributed by atoms with Crippen LogP contribution in [-0.2, 0) is 19.6 Å². The van der Waals surface area contributed by atoms with Crippen molar-refractivity contribution in [3.8, 4) is 0 Å². The van der Waals surface area contributed by atoms with Crippen molar-refractivity contribution in [3.05, 3.63) is 0 Å². The van der Waals surface area contributed by atoms with Gasteiger partial charge in [-0.05, 0) is 33.7 Å². The Morgan fingerprint density at radius 3 is 2.33 bits per heavy atom. The molecule has 0 aliphatic rings. The summed E-state index contributed by atoms with van der Waals surface area (Å²) in [6, 6.07) is 0.0866. The van der Waals surface area contributed by atoms with Gasteiger partial charge in [0.1, 0.15) is 0 Å². The van der Waals surface area contributed by atoms with Gasteiger partial charge in [-0.2, -0.15) is 0 Å². The minimum absolute atomic E-state index is 0. The second kappa shape index (κ2) is 13.2. The predicted octanol–water partition coefficient (Wildman–Crippen LogP) is -3.33. The van der Waals surface area contributed by atoms with Crippen molar-refractivity contribution in [2.24, 2.45) is 5.73 Å². The molecule has 0 fully saturated rings. The van der Waals surface area contributed by atoms with Gasteiger partial charge in [-0.25, -0.2) is 8.42 Å². The molecule has 3 atom stereocenters. The van der Waals surface area contributed by atoms with Gasteiger partial charge in [-0.3, -0.25) is 0 Å². The molecule has 0 aromatic heterocycles. The molecule has 0 aromatic rings. The van der Waals surface area contributed by atoms with Crippen molar-refractivity contribution in [3.63, 3.8) is 0 Å². The van der Waals surface area contributed by atoms with Crippen LogP contribution in [0.15, 0.2) is 0 Å². The third-order valence-electron chi connectivity index (χ3n) is 2.58. The van der Waals surface area contributed by atoms with Crippen LogP contribution in [0.2, 0.25) is 0 Å². The van der Waals surface area contributed by atoms with E-state index in [-0.39, 0.29) is 53.6 Å². The Morgan fingerprint density at radius 2 is 1.81 bits per heavy atom. The quantitative estimate of drug-likeness (QED) is 0.218. The molecule has 9 heteroatoms. The average Bonchev–Trinajstić information content (AvgIpc) is 2.33. The SMILES string of the molecule is CC(COCC(C)OC(C)CN)NCCCS(=O)(=O)[O-].[Na+]. The fourth-order valence-corrected chi connectivity index (χ4v) is 2.06. The number of nitrogens with two attached hydrogens (primary N) is 1. The van der Waals surface area contributed by atoms with Gasteiger partial charge in [0.25, 0.3) is 0 Å². The molecule has 0 aliphatic heterocycles. The van der Waals surface area contributed by atoms with Gasteiger partial charge in [0.15, 0.2) is 0 Å². The maximum Gasteiger partial charge on any atom is 1.00 e. The van der Waals surface area contributed by atoms with Crippen LogP contribution < -0.4 is 40.6 Å².